The molecule has 0 bridgehead atoms. The number of nitrogens with zero attached hydrogens (tertiary/aromatic N) is 1. The summed E-state index contributed by atoms with van der Waals surface area (Å²) in [7, 11) is 0. The Morgan fingerprint density at radius 2 is 2.00 bits per heavy atom. The van der Waals surface area contributed by atoms with Crippen LogP contribution in [0.2, 0.25) is 0 Å². The SMILES string of the molecule is C/C=C/C[n+]1ccc(C)cc1. The van der Waals surface area contributed by atoms with E-state index < -0.39 is 0 Å². The molecule has 0 unspecified atom stereocenters. The molecule has 0 saturated heterocycles. The number of hydrogen-bond donors (Lipinski definition) is 0. The van der Waals surface area contributed by atoms with E-state index in [0.717, 1.165) is 6.54 Å². The van der Waals surface area contributed by atoms with E-state index in [-0.39, 0.29) is 0 Å². The fourth-order valence-corrected chi connectivity index (χ4v) is 0.881. The number of rotatable bonds is 2. The summed E-state index contributed by atoms with van der Waals surface area (Å²) in [6.45, 7) is 5.10. The Labute approximate surface area is 68.0 Å². The first kappa shape index (κ1) is 7.99. The van der Waals surface area contributed by atoms with E-state index in [1.54, 1.807) is 0 Å². The fraction of sp³-hybridized carbons (Fsp3) is 0.300. The Bertz CT molecular complexity index is 234. The number of aryl methyl sites for hydroxylation is 1. The zero-order chi connectivity index (χ0) is 8.10. The zero-order valence-corrected chi connectivity index (χ0v) is 7.12. The van der Waals surface area contributed by atoms with Crippen molar-refractivity contribution in [3.63, 3.8) is 0 Å². The van der Waals surface area contributed by atoms with Gasteiger partial charge >= 0.3 is 0 Å². The standard InChI is InChI=1S/C10H14N/c1-3-4-7-11-8-5-10(2)6-9-11/h3-6,8-9H,7H2,1-2H3/q+1/b4-3+. The lowest BCUT2D eigenvalue weighted by atomic mass is 10.3. The predicted octanol–water partition coefficient (Wildman–Crippen LogP) is 1.86. The Hall–Kier alpha value is -1.11. The van der Waals surface area contributed by atoms with Gasteiger partial charge in [-0.25, -0.2) is 4.57 Å². The van der Waals surface area contributed by atoms with Crippen LogP contribution in [0.5, 0.6) is 0 Å². The second-order valence-electron chi connectivity index (χ2n) is 2.64. The first-order chi connectivity index (χ1) is 5.33. The van der Waals surface area contributed by atoms with Gasteiger partial charge in [0.25, 0.3) is 0 Å². The summed E-state index contributed by atoms with van der Waals surface area (Å²) in [4.78, 5) is 0. The second kappa shape index (κ2) is 3.91. The summed E-state index contributed by atoms with van der Waals surface area (Å²) in [5, 5.41) is 0. The molecule has 0 spiro atoms. The topological polar surface area (TPSA) is 3.88 Å². The molecule has 0 radical (unpaired) electrons. The van der Waals surface area contributed by atoms with Crippen LogP contribution in [0.25, 0.3) is 0 Å². The van der Waals surface area contributed by atoms with Gasteiger partial charge in [-0.2, -0.15) is 0 Å². The smallest absolute Gasteiger partial charge is 0.169 e. The largest absolute Gasteiger partial charge is 0.201 e. The molecule has 1 rings (SSSR count). The summed E-state index contributed by atoms with van der Waals surface area (Å²) in [5.41, 5.74) is 1.31. The zero-order valence-electron chi connectivity index (χ0n) is 7.12. The molecule has 58 valence electrons. The van der Waals surface area contributed by atoms with Gasteiger partial charge in [-0.05, 0) is 25.5 Å². The second-order valence-corrected chi connectivity index (χ2v) is 2.64. The van der Waals surface area contributed by atoms with Crippen LogP contribution in [0.3, 0.4) is 0 Å². The first-order valence-electron chi connectivity index (χ1n) is 3.90. The van der Waals surface area contributed by atoms with Crippen molar-refractivity contribution in [3.8, 4) is 0 Å². The van der Waals surface area contributed by atoms with Gasteiger partial charge in [0.2, 0.25) is 0 Å². The molecular weight excluding hydrogens is 134 g/mol. The van der Waals surface area contributed by atoms with Gasteiger partial charge in [-0.15, -0.1) is 0 Å². The summed E-state index contributed by atoms with van der Waals surface area (Å²) in [6, 6.07) is 4.23. The highest BCUT2D eigenvalue weighted by molar-refractivity contribution is 5.03. The Morgan fingerprint density at radius 3 is 2.55 bits per heavy atom. The third kappa shape index (κ3) is 2.54. The van der Waals surface area contributed by atoms with Crippen LogP contribution in [0.4, 0.5) is 0 Å². The van der Waals surface area contributed by atoms with Crippen LogP contribution in [-0.4, -0.2) is 0 Å². The molecule has 0 amide bonds. The van der Waals surface area contributed by atoms with Gasteiger partial charge in [0.1, 0.15) is 0 Å². The van der Waals surface area contributed by atoms with E-state index >= 15 is 0 Å². The molecule has 0 aliphatic rings. The van der Waals surface area contributed by atoms with Gasteiger partial charge in [-0.3, -0.25) is 0 Å². The van der Waals surface area contributed by atoms with Crippen molar-refractivity contribution in [2.45, 2.75) is 20.4 Å². The average Bonchev–Trinajstić information content (AvgIpc) is 2.04. The maximum absolute atomic E-state index is 2.15. The highest BCUT2D eigenvalue weighted by Gasteiger charge is 1.93. The Kier molecular flexibility index (Phi) is 2.84. The maximum Gasteiger partial charge on any atom is 0.169 e. The van der Waals surface area contributed by atoms with Crippen LogP contribution >= 0.6 is 0 Å². The quantitative estimate of drug-likeness (QED) is 0.445. The molecule has 11 heavy (non-hydrogen) atoms. The minimum atomic E-state index is 0.969. The third-order valence-corrected chi connectivity index (χ3v) is 1.61. The third-order valence-electron chi connectivity index (χ3n) is 1.61. The van der Waals surface area contributed by atoms with E-state index in [1.165, 1.54) is 5.56 Å². The minimum Gasteiger partial charge on any atom is -0.201 e. The number of aromatic nitrogens is 1. The van der Waals surface area contributed by atoms with Crippen molar-refractivity contribution in [2.24, 2.45) is 0 Å². The predicted molar refractivity (Wildman–Crippen MR) is 46.2 cm³/mol. The summed E-state index contributed by atoms with van der Waals surface area (Å²) in [6.07, 6.45) is 8.38. The lowest BCUT2D eigenvalue weighted by Crippen LogP contribution is -2.31. The highest BCUT2D eigenvalue weighted by Crippen LogP contribution is 1.89. The van der Waals surface area contributed by atoms with E-state index in [1.807, 2.05) is 6.92 Å². The van der Waals surface area contributed by atoms with Gasteiger partial charge in [0.15, 0.2) is 18.9 Å². The molecule has 1 heterocycles. The van der Waals surface area contributed by atoms with Crippen LogP contribution in [0.15, 0.2) is 36.7 Å². The molecule has 1 aromatic heterocycles. The summed E-state index contributed by atoms with van der Waals surface area (Å²) in [5.74, 6) is 0. The first-order valence-corrected chi connectivity index (χ1v) is 3.90. The number of pyridine rings is 1. The fourth-order valence-electron chi connectivity index (χ4n) is 0.881. The molecule has 0 saturated carbocycles. The normalized spacial score (nSPS) is 10.7. The Morgan fingerprint density at radius 1 is 1.36 bits per heavy atom. The molecular formula is C10H14N+. The average molecular weight is 148 g/mol. The lowest BCUT2D eigenvalue weighted by molar-refractivity contribution is -0.687. The van der Waals surface area contributed by atoms with Crippen molar-refractivity contribution < 1.29 is 4.57 Å². The van der Waals surface area contributed by atoms with Crippen molar-refractivity contribution in [1.82, 2.24) is 0 Å². The van der Waals surface area contributed by atoms with Crippen molar-refractivity contribution in [3.05, 3.63) is 42.2 Å². The number of hydrogen-bond acceptors (Lipinski definition) is 0. The highest BCUT2D eigenvalue weighted by atomic mass is 14.9. The van der Waals surface area contributed by atoms with Crippen LogP contribution in [0.1, 0.15) is 12.5 Å². The van der Waals surface area contributed by atoms with Crippen LogP contribution < -0.4 is 4.57 Å². The van der Waals surface area contributed by atoms with Crippen molar-refractivity contribution in [1.29, 1.82) is 0 Å². The monoisotopic (exact) mass is 148 g/mol. The van der Waals surface area contributed by atoms with E-state index in [2.05, 4.69) is 48.2 Å². The van der Waals surface area contributed by atoms with Gasteiger partial charge < -0.3 is 0 Å². The maximum atomic E-state index is 2.15. The molecule has 0 fully saturated rings. The molecule has 0 N–H and O–H groups in total. The Balaban J connectivity index is 2.66. The summed E-state index contributed by atoms with van der Waals surface area (Å²) >= 11 is 0. The minimum absolute atomic E-state index is 0.969. The van der Waals surface area contributed by atoms with Gasteiger partial charge in [-0.1, -0.05) is 6.08 Å². The molecule has 1 nitrogen and oxygen atoms in total. The van der Waals surface area contributed by atoms with E-state index in [4.69, 9.17) is 0 Å². The number of allylic oxidation sites excluding steroid dienone is 2. The molecule has 1 aromatic rings. The van der Waals surface area contributed by atoms with Crippen molar-refractivity contribution >= 4 is 0 Å². The summed E-state index contributed by atoms with van der Waals surface area (Å²) < 4.78 is 2.15. The molecule has 0 aliphatic carbocycles. The molecule has 0 atom stereocenters. The molecule has 1 heteroatoms. The van der Waals surface area contributed by atoms with Gasteiger partial charge in [0.05, 0.1) is 0 Å². The van der Waals surface area contributed by atoms with Gasteiger partial charge in [0, 0.05) is 12.1 Å². The van der Waals surface area contributed by atoms with Crippen LogP contribution in [-0.2, 0) is 6.54 Å². The lowest BCUT2D eigenvalue weighted by Gasteiger charge is -1.91. The van der Waals surface area contributed by atoms with E-state index in [9.17, 15) is 0 Å². The van der Waals surface area contributed by atoms with Crippen molar-refractivity contribution in [2.75, 3.05) is 0 Å². The van der Waals surface area contributed by atoms with E-state index in [0.29, 0.717) is 0 Å². The molecule has 0 aliphatic heterocycles. The van der Waals surface area contributed by atoms with Crippen LogP contribution in [0, 0.1) is 6.92 Å². The molecule has 0 aromatic carbocycles.